The molecule has 0 saturated heterocycles. The Morgan fingerprint density at radius 2 is 0.883 bits per heavy atom. The number of para-hydroxylation sites is 3. The molecule has 3 nitrogen and oxygen atoms in total. The monoisotopic (exact) mass is 819 g/mol. The summed E-state index contributed by atoms with van der Waals surface area (Å²) in [6.07, 6.45) is 0. The maximum Gasteiger partial charge on any atom is 0.138 e. The van der Waals surface area contributed by atoms with E-state index in [-0.39, 0.29) is 0 Å². The van der Waals surface area contributed by atoms with E-state index in [1.165, 1.54) is 107 Å². The Balaban J connectivity index is 0.976. The van der Waals surface area contributed by atoms with Gasteiger partial charge in [-0.05, 0) is 102 Å². The second-order valence-electron chi connectivity index (χ2n) is 15.4. The summed E-state index contributed by atoms with van der Waals surface area (Å²) in [5, 5.41) is 9.13. The maximum absolute atomic E-state index is 2.57. The lowest BCUT2D eigenvalue weighted by Gasteiger charge is -2.32. The van der Waals surface area contributed by atoms with Crippen LogP contribution < -0.4 is 14.6 Å². The lowest BCUT2D eigenvalue weighted by atomic mass is 10.0. The lowest BCUT2D eigenvalue weighted by Crippen LogP contribution is -2.21. The lowest BCUT2D eigenvalue weighted by molar-refractivity contribution is 1.19. The van der Waals surface area contributed by atoms with Gasteiger partial charge in [0, 0.05) is 73.5 Å². The zero-order chi connectivity index (χ0) is 39.3. The van der Waals surface area contributed by atoms with Crippen LogP contribution in [0.1, 0.15) is 0 Å². The molecule has 4 heterocycles. The molecule has 1 unspecified atom stereocenters. The average molecular weight is 820 g/mol. The Bertz CT molecular complexity index is 3630. The first-order chi connectivity index (χ1) is 29.7. The van der Waals surface area contributed by atoms with Gasteiger partial charge in [0.2, 0.25) is 0 Å². The van der Waals surface area contributed by atoms with Gasteiger partial charge in [-0.3, -0.25) is 9.34 Å². The van der Waals surface area contributed by atoms with Crippen LogP contribution in [0.2, 0.25) is 0 Å². The maximum atomic E-state index is 2.57. The Morgan fingerprint density at radius 1 is 0.317 bits per heavy atom. The minimum Gasteiger partial charge on any atom is -0.309 e. The first kappa shape index (κ1) is 34.1. The first-order valence-electron chi connectivity index (χ1n) is 20.3. The molecule has 0 fully saturated rings. The third-order valence-electron chi connectivity index (χ3n) is 12.0. The smallest absolute Gasteiger partial charge is 0.138 e. The summed E-state index contributed by atoms with van der Waals surface area (Å²) >= 11 is 3.76. The summed E-state index contributed by atoms with van der Waals surface area (Å²) in [5.41, 5.74) is 10.9. The van der Waals surface area contributed by atoms with Crippen molar-refractivity contribution in [1.29, 1.82) is 0 Å². The van der Waals surface area contributed by atoms with Crippen molar-refractivity contribution in [3.8, 4) is 16.8 Å². The van der Waals surface area contributed by atoms with Gasteiger partial charge in [0.05, 0.1) is 22.4 Å². The van der Waals surface area contributed by atoms with Gasteiger partial charge in [-0.25, -0.2) is 0 Å². The number of anilines is 4. The summed E-state index contributed by atoms with van der Waals surface area (Å²) in [6, 6.07) is 76.4. The molecule has 12 aromatic rings. The van der Waals surface area contributed by atoms with Crippen LogP contribution in [0.25, 0.3) is 79.0 Å². The minimum absolute atomic E-state index is 0.969. The molecule has 3 aromatic heterocycles. The topological polar surface area (TPSA) is 11.4 Å². The molecule has 0 aliphatic carbocycles. The Labute approximate surface area is 356 Å². The van der Waals surface area contributed by atoms with Crippen LogP contribution in [0.15, 0.2) is 206 Å². The molecule has 13 rings (SSSR count). The highest BCUT2D eigenvalue weighted by Crippen LogP contribution is 2.65. The van der Waals surface area contributed by atoms with Crippen LogP contribution in [-0.4, -0.2) is 4.57 Å². The normalized spacial score (nSPS) is 14.1. The van der Waals surface area contributed by atoms with Gasteiger partial charge in [-0.1, -0.05) is 115 Å². The summed E-state index contributed by atoms with van der Waals surface area (Å²) in [7, 11) is -0.969. The van der Waals surface area contributed by atoms with Crippen molar-refractivity contribution in [3.63, 3.8) is 0 Å². The van der Waals surface area contributed by atoms with E-state index in [9.17, 15) is 0 Å². The Hall–Kier alpha value is -6.75. The average Bonchev–Trinajstić information content (AvgIpc) is 4.06. The fourth-order valence-electron chi connectivity index (χ4n) is 9.32. The molecule has 60 heavy (non-hydrogen) atoms. The number of nitrogens with zero attached hydrogens (tertiary/aromatic N) is 3. The van der Waals surface area contributed by atoms with E-state index in [0.29, 0.717) is 0 Å². The highest BCUT2D eigenvalue weighted by Gasteiger charge is 2.39. The number of hydrogen-bond acceptors (Lipinski definition) is 4. The van der Waals surface area contributed by atoms with E-state index in [1.54, 1.807) is 0 Å². The molecule has 1 aliphatic rings. The number of hydrogen-bond donors (Lipinski definition) is 0. The van der Waals surface area contributed by atoms with Gasteiger partial charge in [0.25, 0.3) is 0 Å². The SMILES string of the molecule is c1ccc(N2c3ccc(-c4ccc5sc6ccc(-n7c8ccccc8c8cc9c(cc87)sc7ccccc79)cc6c5c4)cc3N(c3ccccc3)P2c2ccccc2)cc1. The molecule has 0 radical (unpaired) electrons. The van der Waals surface area contributed by atoms with Crippen molar-refractivity contribution >= 4 is 121 Å². The van der Waals surface area contributed by atoms with E-state index in [2.05, 4.69) is 220 Å². The van der Waals surface area contributed by atoms with Gasteiger partial charge in [0.15, 0.2) is 0 Å². The van der Waals surface area contributed by atoms with Crippen LogP contribution in [-0.2, 0) is 0 Å². The zero-order valence-electron chi connectivity index (χ0n) is 32.2. The number of aromatic nitrogens is 1. The molecule has 0 saturated carbocycles. The van der Waals surface area contributed by atoms with Crippen molar-refractivity contribution in [1.82, 2.24) is 4.57 Å². The predicted octanol–water partition coefficient (Wildman–Crippen LogP) is 16.1. The molecular formula is C54H34N3PS2. The number of rotatable bonds is 5. The van der Waals surface area contributed by atoms with Gasteiger partial charge in [-0.2, -0.15) is 0 Å². The second kappa shape index (κ2) is 13.4. The number of benzene rings is 9. The van der Waals surface area contributed by atoms with Crippen LogP contribution in [0.3, 0.4) is 0 Å². The van der Waals surface area contributed by atoms with Gasteiger partial charge < -0.3 is 4.57 Å². The Morgan fingerprint density at radius 3 is 1.67 bits per heavy atom. The standard InChI is InChI=1S/C54H34N3PS2/c1-4-14-37(15-5-1)56-48-27-24-36(31-50(48)57(38-16-6-2-7-17-38)58(56)40-18-8-3-9-19-40)35-25-28-52-44(30-35)45-32-39(26-29-53(45)59-52)55-47-22-12-10-20-41(47)43-33-46-42-21-11-13-23-51(42)60-54(46)34-49(43)55/h1-34H. The van der Waals surface area contributed by atoms with Crippen molar-refractivity contribution in [2.45, 2.75) is 0 Å². The quantitative estimate of drug-likeness (QED) is 0.160. The summed E-state index contributed by atoms with van der Waals surface area (Å²) < 4.78 is 12.9. The van der Waals surface area contributed by atoms with Crippen LogP contribution in [0.4, 0.5) is 22.7 Å². The molecule has 0 spiro atoms. The van der Waals surface area contributed by atoms with E-state index >= 15 is 0 Å². The molecular weight excluding hydrogens is 786 g/mol. The summed E-state index contributed by atoms with van der Waals surface area (Å²) in [6.45, 7) is 0. The largest absolute Gasteiger partial charge is 0.309 e. The molecule has 0 N–H and O–H groups in total. The molecule has 282 valence electrons. The molecule has 1 aliphatic heterocycles. The van der Waals surface area contributed by atoms with Gasteiger partial charge in [0.1, 0.15) is 8.22 Å². The van der Waals surface area contributed by atoms with Crippen LogP contribution >= 0.6 is 30.9 Å². The minimum atomic E-state index is -0.969. The third kappa shape index (κ3) is 5.17. The molecule has 0 bridgehead atoms. The van der Waals surface area contributed by atoms with E-state index in [0.717, 1.165) is 0 Å². The summed E-state index contributed by atoms with van der Waals surface area (Å²) in [5.74, 6) is 0. The van der Waals surface area contributed by atoms with E-state index < -0.39 is 8.22 Å². The number of thiophene rings is 2. The molecule has 9 aromatic carbocycles. The predicted molar refractivity (Wildman–Crippen MR) is 262 cm³/mol. The number of fused-ring (bicyclic) bond motifs is 10. The highest BCUT2D eigenvalue weighted by molar-refractivity contribution is 7.70. The van der Waals surface area contributed by atoms with Gasteiger partial charge in [-0.15, -0.1) is 22.7 Å². The third-order valence-corrected chi connectivity index (χ3v) is 16.7. The fraction of sp³-hybridized carbons (Fsp3) is 0. The molecule has 1 atom stereocenters. The molecule has 6 heteroatoms. The first-order valence-corrected chi connectivity index (χ1v) is 23.1. The highest BCUT2D eigenvalue weighted by atomic mass is 32.1. The second-order valence-corrected chi connectivity index (χ2v) is 19.5. The Kier molecular flexibility index (Phi) is 7.62. The zero-order valence-corrected chi connectivity index (χ0v) is 34.8. The van der Waals surface area contributed by atoms with E-state index in [1.807, 2.05) is 22.7 Å². The van der Waals surface area contributed by atoms with Gasteiger partial charge >= 0.3 is 0 Å². The van der Waals surface area contributed by atoms with Crippen molar-refractivity contribution in [2.75, 3.05) is 9.34 Å². The van der Waals surface area contributed by atoms with Crippen molar-refractivity contribution in [2.24, 2.45) is 0 Å². The van der Waals surface area contributed by atoms with E-state index in [4.69, 9.17) is 0 Å². The summed E-state index contributed by atoms with van der Waals surface area (Å²) in [4.78, 5) is 0. The van der Waals surface area contributed by atoms with Crippen molar-refractivity contribution in [3.05, 3.63) is 206 Å². The molecule has 0 amide bonds. The fourth-order valence-corrected chi connectivity index (χ4v) is 14.0. The van der Waals surface area contributed by atoms with Crippen molar-refractivity contribution < 1.29 is 0 Å². The van der Waals surface area contributed by atoms with Crippen LogP contribution in [0, 0.1) is 0 Å². The van der Waals surface area contributed by atoms with Crippen LogP contribution in [0.5, 0.6) is 0 Å².